The summed E-state index contributed by atoms with van der Waals surface area (Å²) in [5, 5.41) is 3.44. The van der Waals surface area contributed by atoms with Crippen LogP contribution in [0, 0.1) is 11.8 Å². The molecule has 0 radical (unpaired) electrons. The molecule has 0 spiro atoms. The Morgan fingerprint density at radius 3 is 2.17 bits per heavy atom. The minimum absolute atomic E-state index is 0.242. The van der Waals surface area contributed by atoms with Crippen molar-refractivity contribution >= 4 is 5.91 Å². The zero-order chi connectivity index (χ0) is 13.5. The van der Waals surface area contributed by atoms with Crippen molar-refractivity contribution < 1.29 is 4.79 Å². The highest BCUT2D eigenvalue weighted by atomic mass is 16.2. The van der Waals surface area contributed by atoms with Gasteiger partial charge >= 0.3 is 0 Å². The van der Waals surface area contributed by atoms with Crippen molar-refractivity contribution in [3.63, 3.8) is 0 Å². The molecule has 18 heavy (non-hydrogen) atoms. The van der Waals surface area contributed by atoms with Crippen LogP contribution in [-0.4, -0.2) is 36.5 Å². The van der Waals surface area contributed by atoms with Crippen molar-refractivity contribution in [3.05, 3.63) is 0 Å². The van der Waals surface area contributed by atoms with Crippen LogP contribution in [-0.2, 0) is 4.79 Å². The Bertz CT molecular complexity index is 241. The third kappa shape index (κ3) is 4.60. The topological polar surface area (TPSA) is 32.3 Å². The van der Waals surface area contributed by atoms with E-state index in [1.807, 2.05) is 18.7 Å². The first-order valence-corrected chi connectivity index (χ1v) is 7.59. The molecule has 0 aromatic carbocycles. The van der Waals surface area contributed by atoms with Gasteiger partial charge in [0, 0.05) is 19.1 Å². The van der Waals surface area contributed by atoms with Gasteiger partial charge in [-0.2, -0.15) is 0 Å². The fourth-order valence-electron chi connectivity index (χ4n) is 2.91. The number of amides is 1. The van der Waals surface area contributed by atoms with Crippen LogP contribution in [0.4, 0.5) is 0 Å². The van der Waals surface area contributed by atoms with Crippen molar-refractivity contribution in [2.24, 2.45) is 11.8 Å². The summed E-state index contributed by atoms with van der Waals surface area (Å²) in [5.74, 6) is 1.94. The van der Waals surface area contributed by atoms with Gasteiger partial charge in [0.25, 0.3) is 0 Å². The second-order valence-corrected chi connectivity index (χ2v) is 5.80. The second kappa shape index (κ2) is 7.78. The lowest BCUT2D eigenvalue weighted by atomic mass is 9.80. The Hall–Kier alpha value is -0.570. The average Bonchev–Trinajstić information content (AvgIpc) is 2.38. The molecular formula is C15H30N2O. The Morgan fingerprint density at radius 2 is 1.72 bits per heavy atom. The largest absolute Gasteiger partial charge is 0.342 e. The van der Waals surface area contributed by atoms with E-state index in [9.17, 15) is 4.79 Å². The smallest absolute Gasteiger partial charge is 0.236 e. The summed E-state index contributed by atoms with van der Waals surface area (Å²) < 4.78 is 0. The SMILES string of the molecule is CCN(CC)C(=O)CNC1CCC(C(C)C)CC1. The molecule has 3 heteroatoms. The molecule has 0 aromatic rings. The number of carbonyl (C=O) groups excluding carboxylic acids is 1. The summed E-state index contributed by atoms with van der Waals surface area (Å²) in [4.78, 5) is 13.8. The summed E-state index contributed by atoms with van der Waals surface area (Å²) in [6.07, 6.45) is 5.09. The molecule has 1 amide bonds. The maximum atomic E-state index is 11.9. The van der Waals surface area contributed by atoms with Gasteiger partial charge in [-0.3, -0.25) is 4.79 Å². The second-order valence-electron chi connectivity index (χ2n) is 5.80. The Labute approximate surface area is 112 Å². The lowest BCUT2D eigenvalue weighted by Crippen LogP contribution is -2.43. The molecule has 1 fully saturated rings. The molecule has 1 saturated carbocycles. The average molecular weight is 254 g/mol. The number of nitrogens with one attached hydrogen (secondary N) is 1. The van der Waals surface area contributed by atoms with E-state index in [1.54, 1.807) is 0 Å². The number of carbonyl (C=O) groups is 1. The predicted molar refractivity (Wildman–Crippen MR) is 76.5 cm³/mol. The number of hydrogen-bond acceptors (Lipinski definition) is 2. The first-order chi connectivity index (χ1) is 8.58. The van der Waals surface area contributed by atoms with Crippen molar-refractivity contribution in [1.29, 1.82) is 0 Å². The van der Waals surface area contributed by atoms with Crippen molar-refractivity contribution in [2.45, 2.75) is 59.4 Å². The van der Waals surface area contributed by atoms with E-state index in [-0.39, 0.29) is 5.91 Å². The van der Waals surface area contributed by atoms with Crippen LogP contribution < -0.4 is 5.32 Å². The van der Waals surface area contributed by atoms with Gasteiger partial charge in [-0.05, 0) is 51.4 Å². The molecule has 0 unspecified atom stereocenters. The molecule has 1 N–H and O–H groups in total. The Morgan fingerprint density at radius 1 is 1.17 bits per heavy atom. The molecule has 0 bridgehead atoms. The fourth-order valence-corrected chi connectivity index (χ4v) is 2.91. The quantitative estimate of drug-likeness (QED) is 0.790. The van der Waals surface area contributed by atoms with E-state index >= 15 is 0 Å². The molecule has 0 saturated heterocycles. The van der Waals surface area contributed by atoms with Gasteiger partial charge in [0.1, 0.15) is 0 Å². The molecule has 0 atom stereocenters. The number of nitrogens with zero attached hydrogens (tertiary/aromatic N) is 1. The van der Waals surface area contributed by atoms with Gasteiger partial charge in [0.15, 0.2) is 0 Å². The lowest BCUT2D eigenvalue weighted by Gasteiger charge is -2.31. The van der Waals surface area contributed by atoms with E-state index in [1.165, 1.54) is 25.7 Å². The van der Waals surface area contributed by atoms with Gasteiger partial charge in [0.05, 0.1) is 6.54 Å². The summed E-state index contributed by atoms with van der Waals surface area (Å²) >= 11 is 0. The summed E-state index contributed by atoms with van der Waals surface area (Å²) in [5.41, 5.74) is 0. The summed E-state index contributed by atoms with van der Waals surface area (Å²) in [6.45, 7) is 10.9. The monoisotopic (exact) mass is 254 g/mol. The molecule has 0 heterocycles. The van der Waals surface area contributed by atoms with Crippen molar-refractivity contribution in [3.8, 4) is 0 Å². The summed E-state index contributed by atoms with van der Waals surface area (Å²) in [7, 11) is 0. The lowest BCUT2D eigenvalue weighted by molar-refractivity contribution is -0.130. The van der Waals surface area contributed by atoms with Gasteiger partial charge in [-0.25, -0.2) is 0 Å². The van der Waals surface area contributed by atoms with E-state index in [4.69, 9.17) is 0 Å². The molecule has 1 aliphatic rings. The van der Waals surface area contributed by atoms with Crippen molar-refractivity contribution in [2.75, 3.05) is 19.6 Å². The van der Waals surface area contributed by atoms with Crippen LogP contribution >= 0.6 is 0 Å². The number of likely N-dealkylation sites (N-methyl/N-ethyl adjacent to an activating group) is 1. The normalized spacial score (nSPS) is 24.3. The first-order valence-electron chi connectivity index (χ1n) is 7.59. The predicted octanol–water partition coefficient (Wildman–Crippen LogP) is 2.66. The summed E-state index contributed by atoms with van der Waals surface area (Å²) in [6, 6.07) is 0.555. The van der Waals surface area contributed by atoms with E-state index < -0.39 is 0 Å². The highest BCUT2D eigenvalue weighted by molar-refractivity contribution is 5.78. The fraction of sp³-hybridized carbons (Fsp3) is 0.933. The van der Waals surface area contributed by atoms with Crippen LogP contribution in [0.2, 0.25) is 0 Å². The third-order valence-electron chi connectivity index (χ3n) is 4.37. The highest BCUT2D eigenvalue weighted by Crippen LogP contribution is 2.29. The molecular weight excluding hydrogens is 224 g/mol. The zero-order valence-corrected chi connectivity index (χ0v) is 12.5. The van der Waals surface area contributed by atoms with Gasteiger partial charge in [-0.1, -0.05) is 13.8 Å². The minimum atomic E-state index is 0.242. The van der Waals surface area contributed by atoms with E-state index in [2.05, 4.69) is 19.2 Å². The number of rotatable bonds is 6. The maximum absolute atomic E-state index is 11.9. The van der Waals surface area contributed by atoms with Gasteiger partial charge in [0.2, 0.25) is 5.91 Å². The van der Waals surface area contributed by atoms with E-state index in [0.717, 1.165) is 24.9 Å². The zero-order valence-electron chi connectivity index (χ0n) is 12.5. The standard InChI is InChI=1S/C15H30N2O/c1-5-17(6-2)15(18)11-16-14-9-7-13(8-10-14)12(3)4/h12-14,16H,5-11H2,1-4H3. The highest BCUT2D eigenvalue weighted by Gasteiger charge is 2.23. The molecule has 106 valence electrons. The Kier molecular flexibility index (Phi) is 6.69. The molecule has 0 aliphatic heterocycles. The Balaban J connectivity index is 2.23. The third-order valence-corrected chi connectivity index (χ3v) is 4.37. The van der Waals surface area contributed by atoms with Gasteiger partial charge in [-0.15, -0.1) is 0 Å². The molecule has 1 aliphatic carbocycles. The first kappa shape index (κ1) is 15.5. The van der Waals surface area contributed by atoms with Crippen LogP contribution in [0.15, 0.2) is 0 Å². The minimum Gasteiger partial charge on any atom is -0.342 e. The van der Waals surface area contributed by atoms with Crippen molar-refractivity contribution in [1.82, 2.24) is 10.2 Å². The molecule has 1 rings (SSSR count). The maximum Gasteiger partial charge on any atom is 0.236 e. The van der Waals surface area contributed by atoms with Crippen LogP contribution in [0.25, 0.3) is 0 Å². The molecule has 3 nitrogen and oxygen atoms in total. The van der Waals surface area contributed by atoms with E-state index in [0.29, 0.717) is 12.6 Å². The molecule has 0 aromatic heterocycles. The van der Waals surface area contributed by atoms with Crippen LogP contribution in [0.3, 0.4) is 0 Å². The van der Waals surface area contributed by atoms with Crippen LogP contribution in [0.1, 0.15) is 53.4 Å². The number of hydrogen-bond donors (Lipinski definition) is 1. The van der Waals surface area contributed by atoms with Crippen LogP contribution in [0.5, 0.6) is 0 Å². The van der Waals surface area contributed by atoms with Gasteiger partial charge < -0.3 is 10.2 Å².